The van der Waals surface area contributed by atoms with Crippen LogP contribution in [0.5, 0.6) is 0 Å². The molecule has 0 aliphatic carbocycles. The van der Waals surface area contributed by atoms with Gasteiger partial charge in [0, 0.05) is 19.1 Å². The van der Waals surface area contributed by atoms with Crippen LogP contribution in [0.4, 0.5) is 4.39 Å². The number of ether oxygens (including phenoxy) is 1. The molecule has 2 heterocycles. The first-order valence-corrected chi connectivity index (χ1v) is 10.5. The summed E-state index contributed by atoms with van der Waals surface area (Å²) in [5.41, 5.74) is 1.92. The molecule has 1 N–H and O–H groups in total. The highest BCUT2D eigenvalue weighted by molar-refractivity contribution is 8.03. The van der Waals surface area contributed by atoms with E-state index in [1.807, 2.05) is 26.0 Å². The van der Waals surface area contributed by atoms with Crippen LogP contribution in [0, 0.1) is 5.82 Å². The van der Waals surface area contributed by atoms with E-state index < -0.39 is 5.97 Å². The summed E-state index contributed by atoms with van der Waals surface area (Å²) in [6.45, 7) is 8.48. The molecule has 0 saturated carbocycles. The van der Waals surface area contributed by atoms with Crippen LogP contribution in [0.2, 0.25) is 0 Å². The number of nitrogens with zero attached hydrogens (tertiary/aromatic N) is 2. The highest BCUT2D eigenvalue weighted by Gasteiger charge is 2.36. The number of aliphatic carboxylic acids is 1. The SMILES string of the molecule is CCSC1=C(C(=O)O)C(C)=CC(N2CCOC[C@H]2C)N1Cc1cccc(F)c1. The molecule has 1 unspecified atom stereocenters. The normalized spacial score (nSPS) is 23.7. The molecule has 0 amide bonds. The Bertz CT molecular complexity index is 796. The van der Waals surface area contributed by atoms with E-state index >= 15 is 0 Å². The molecule has 1 aromatic rings. The first-order chi connectivity index (χ1) is 13.4. The number of hydrogen-bond acceptors (Lipinski definition) is 5. The van der Waals surface area contributed by atoms with Gasteiger partial charge in [-0.05, 0) is 48.9 Å². The Morgan fingerprint density at radius 1 is 1.43 bits per heavy atom. The van der Waals surface area contributed by atoms with Crippen molar-refractivity contribution in [2.75, 3.05) is 25.5 Å². The fourth-order valence-electron chi connectivity index (χ4n) is 3.79. The molecule has 2 aliphatic heterocycles. The molecule has 0 bridgehead atoms. The maximum absolute atomic E-state index is 13.8. The second kappa shape index (κ2) is 9.11. The number of carbonyl (C=O) groups is 1. The van der Waals surface area contributed by atoms with Crippen LogP contribution in [0.25, 0.3) is 0 Å². The second-order valence-electron chi connectivity index (χ2n) is 7.10. The summed E-state index contributed by atoms with van der Waals surface area (Å²) in [6, 6.07) is 6.71. The molecule has 1 saturated heterocycles. The summed E-state index contributed by atoms with van der Waals surface area (Å²) >= 11 is 1.53. The van der Waals surface area contributed by atoms with Crippen LogP contribution in [-0.2, 0) is 16.1 Å². The average molecular weight is 407 g/mol. The van der Waals surface area contributed by atoms with Gasteiger partial charge in [-0.1, -0.05) is 19.1 Å². The highest BCUT2D eigenvalue weighted by Crippen LogP contribution is 2.37. The van der Waals surface area contributed by atoms with Gasteiger partial charge in [-0.2, -0.15) is 0 Å². The predicted molar refractivity (Wildman–Crippen MR) is 109 cm³/mol. The largest absolute Gasteiger partial charge is 0.478 e. The maximum atomic E-state index is 13.8. The quantitative estimate of drug-likeness (QED) is 0.778. The van der Waals surface area contributed by atoms with E-state index in [4.69, 9.17) is 4.74 Å². The average Bonchev–Trinajstić information content (AvgIpc) is 2.64. The zero-order chi connectivity index (χ0) is 20.3. The first kappa shape index (κ1) is 20.9. The van der Waals surface area contributed by atoms with Gasteiger partial charge in [-0.3, -0.25) is 4.90 Å². The van der Waals surface area contributed by atoms with Crippen LogP contribution < -0.4 is 0 Å². The van der Waals surface area contributed by atoms with Gasteiger partial charge in [0.05, 0.1) is 23.8 Å². The Kier molecular flexibility index (Phi) is 6.80. The van der Waals surface area contributed by atoms with Crippen LogP contribution in [0.3, 0.4) is 0 Å². The third-order valence-corrected chi connectivity index (χ3v) is 6.08. The van der Waals surface area contributed by atoms with Crippen molar-refractivity contribution in [1.29, 1.82) is 0 Å². The van der Waals surface area contributed by atoms with Gasteiger partial charge in [-0.25, -0.2) is 9.18 Å². The summed E-state index contributed by atoms with van der Waals surface area (Å²) in [5, 5.41) is 10.6. The fraction of sp³-hybridized carbons (Fsp3) is 0.476. The maximum Gasteiger partial charge on any atom is 0.338 e. The molecular weight excluding hydrogens is 379 g/mol. The lowest BCUT2D eigenvalue weighted by Gasteiger charge is -2.47. The van der Waals surface area contributed by atoms with Crippen LogP contribution in [0.1, 0.15) is 26.3 Å². The van der Waals surface area contributed by atoms with Crippen molar-refractivity contribution in [1.82, 2.24) is 9.80 Å². The molecule has 1 aromatic carbocycles. The van der Waals surface area contributed by atoms with Gasteiger partial charge in [0.25, 0.3) is 0 Å². The molecule has 0 radical (unpaired) electrons. The number of rotatable bonds is 6. The number of benzene rings is 1. The monoisotopic (exact) mass is 406 g/mol. The van der Waals surface area contributed by atoms with E-state index in [0.717, 1.165) is 28.5 Å². The molecule has 0 spiro atoms. The highest BCUT2D eigenvalue weighted by atomic mass is 32.2. The number of carboxylic acids is 1. The van der Waals surface area contributed by atoms with Gasteiger partial charge in [0.15, 0.2) is 0 Å². The first-order valence-electron chi connectivity index (χ1n) is 9.56. The summed E-state index contributed by atoms with van der Waals surface area (Å²) in [6.07, 6.45) is 1.92. The zero-order valence-corrected chi connectivity index (χ0v) is 17.3. The lowest BCUT2D eigenvalue weighted by atomic mass is 10.0. The molecule has 7 heteroatoms. The zero-order valence-electron chi connectivity index (χ0n) is 16.5. The van der Waals surface area contributed by atoms with Crippen molar-refractivity contribution in [2.24, 2.45) is 0 Å². The van der Waals surface area contributed by atoms with Crippen LogP contribution in [-0.4, -0.2) is 58.6 Å². The van der Waals surface area contributed by atoms with E-state index in [1.165, 1.54) is 23.9 Å². The summed E-state index contributed by atoms with van der Waals surface area (Å²) in [4.78, 5) is 16.4. The fourth-order valence-corrected chi connectivity index (χ4v) is 4.79. The second-order valence-corrected chi connectivity index (χ2v) is 8.35. The summed E-state index contributed by atoms with van der Waals surface area (Å²) < 4.78 is 19.4. The van der Waals surface area contributed by atoms with Crippen molar-refractivity contribution in [3.05, 3.63) is 57.9 Å². The predicted octanol–water partition coefficient (Wildman–Crippen LogP) is 3.68. The van der Waals surface area contributed by atoms with Crippen molar-refractivity contribution in [2.45, 2.75) is 39.5 Å². The standard InChI is InChI=1S/C21H27FN2O3S/c1-4-28-20-19(21(25)26)14(2)10-18(23-8-9-27-13-15(23)3)24(20)12-16-6-5-7-17(22)11-16/h5-7,10-11,15,18H,4,8-9,12-13H2,1-3H3,(H,25,26)/t15-,18?/m1/s1. The van der Waals surface area contributed by atoms with Gasteiger partial charge in [0.1, 0.15) is 12.0 Å². The Hall–Kier alpha value is -1.83. The Labute approximate surface area is 169 Å². The lowest BCUT2D eigenvalue weighted by molar-refractivity contribution is -0.132. The van der Waals surface area contributed by atoms with Crippen molar-refractivity contribution in [3.8, 4) is 0 Å². The molecule has 2 atom stereocenters. The van der Waals surface area contributed by atoms with E-state index in [2.05, 4.69) is 16.7 Å². The van der Waals surface area contributed by atoms with Gasteiger partial charge >= 0.3 is 5.97 Å². The van der Waals surface area contributed by atoms with Crippen molar-refractivity contribution in [3.63, 3.8) is 0 Å². The number of hydrogen-bond donors (Lipinski definition) is 1. The Morgan fingerprint density at radius 3 is 2.86 bits per heavy atom. The van der Waals surface area contributed by atoms with Gasteiger partial charge in [0.2, 0.25) is 0 Å². The lowest BCUT2D eigenvalue weighted by Crippen LogP contribution is -2.56. The number of carboxylic acid groups (broad SMARTS) is 1. The number of thioether (sulfide) groups is 1. The molecule has 1 fully saturated rings. The molecule has 28 heavy (non-hydrogen) atoms. The number of morpholine rings is 1. The van der Waals surface area contributed by atoms with Crippen molar-refractivity contribution < 1.29 is 19.0 Å². The Balaban J connectivity index is 2.05. The topological polar surface area (TPSA) is 53.0 Å². The van der Waals surface area contributed by atoms with E-state index in [-0.39, 0.29) is 18.0 Å². The third kappa shape index (κ3) is 4.42. The molecule has 152 valence electrons. The van der Waals surface area contributed by atoms with Gasteiger partial charge < -0.3 is 14.7 Å². The van der Waals surface area contributed by atoms with E-state index in [0.29, 0.717) is 25.3 Å². The number of halogens is 1. The smallest absolute Gasteiger partial charge is 0.338 e. The summed E-state index contributed by atoms with van der Waals surface area (Å²) in [7, 11) is 0. The minimum Gasteiger partial charge on any atom is -0.478 e. The van der Waals surface area contributed by atoms with Crippen LogP contribution in [0.15, 0.2) is 46.5 Å². The van der Waals surface area contributed by atoms with Gasteiger partial charge in [-0.15, -0.1) is 11.8 Å². The minimum atomic E-state index is -0.928. The third-order valence-electron chi connectivity index (χ3n) is 5.08. The molecular formula is C21H27FN2O3S. The van der Waals surface area contributed by atoms with E-state index in [1.54, 1.807) is 6.07 Å². The summed E-state index contributed by atoms with van der Waals surface area (Å²) in [5.74, 6) is -0.461. The van der Waals surface area contributed by atoms with Crippen molar-refractivity contribution >= 4 is 17.7 Å². The molecule has 2 aliphatic rings. The molecule has 0 aromatic heterocycles. The van der Waals surface area contributed by atoms with E-state index in [9.17, 15) is 14.3 Å². The molecule has 5 nitrogen and oxygen atoms in total. The minimum absolute atomic E-state index is 0.0979. The Morgan fingerprint density at radius 2 is 2.21 bits per heavy atom. The van der Waals surface area contributed by atoms with Crippen LogP contribution >= 0.6 is 11.8 Å². The molecule has 3 rings (SSSR count).